The van der Waals surface area contributed by atoms with Crippen molar-refractivity contribution in [3.05, 3.63) is 206 Å². The number of rotatable bonds is 7. The molecule has 3 heteroatoms. The Labute approximate surface area is 293 Å². The van der Waals surface area contributed by atoms with E-state index >= 15 is 0 Å². The zero-order valence-electron chi connectivity index (χ0n) is 27.5. The molecule has 9 rings (SSSR count). The second-order valence-corrected chi connectivity index (χ2v) is 16.6. The predicted octanol–water partition coefficient (Wildman–Crippen LogP) is 8.89. The summed E-state index contributed by atoms with van der Waals surface area (Å²) in [6.07, 6.45) is 2.13. The van der Waals surface area contributed by atoms with Crippen LogP contribution in [0, 0.1) is 0 Å². The third kappa shape index (κ3) is 4.99. The molecule has 0 N–H and O–H groups in total. The zero-order chi connectivity index (χ0) is 33.3. The first-order chi connectivity index (χ1) is 24.8. The molecule has 0 aliphatic rings. The van der Waals surface area contributed by atoms with Gasteiger partial charge < -0.3 is 4.57 Å². The van der Waals surface area contributed by atoms with Crippen molar-refractivity contribution in [3.8, 4) is 28.1 Å². The van der Waals surface area contributed by atoms with E-state index in [2.05, 4.69) is 211 Å². The first kappa shape index (κ1) is 29.8. The van der Waals surface area contributed by atoms with E-state index in [9.17, 15) is 0 Å². The molecule has 0 aliphatic heterocycles. The fourth-order valence-corrected chi connectivity index (χ4v) is 12.4. The molecule has 0 saturated heterocycles. The van der Waals surface area contributed by atoms with Gasteiger partial charge in [0, 0.05) is 28.2 Å². The zero-order valence-corrected chi connectivity index (χ0v) is 28.5. The number of aromatic nitrogens is 2. The van der Waals surface area contributed by atoms with Crippen molar-refractivity contribution in [1.82, 2.24) is 9.55 Å². The summed E-state index contributed by atoms with van der Waals surface area (Å²) in [5, 5.41) is 7.80. The van der Waals surface area contributed by atoms with E-state index in [1.54, 1.807) is 0 Å². The Kier molecular flexibility index (Phi) is 7.53. The molecule has 50 heavy (non-hydrogen) atoms. The van der Waals surface area contributed by atoms with Crippen LogP contribution in [-0.4, -0.2) is 17.6 Å². The Morgan fingerprint density at radius 1 is 0.360 bits per heavy atom. The molecule has 0 unspecified atom stereocenters. The summed E-state index contributed by atoms with van der Waals surface area (Å²) in [5.41, 5.74) is 8.02. The van der Waals surface area contributed by atoms with Gasteiger partial charge in [-0.1, -0.05) is 158 Å². The average Bonchev–Trinajstić information content (AvgIpc) is 3.54. The number of hydrogen-bond acceptors (Lipinski definition) is 1. The van der Waals surface area contributed by atoms with Crippen molar-refractivity contribution >= 4 is 50.6 Å². The van der Waals surface area contributed by atoms with Gasteiger partial charge in [-0.3, -0.25) is 4.98 Å². The van der Waals surface area contributed by atoms with Crippen LogP contribution < -0.4 is 20.7 Å². The first-order valence-corrected chi connectivity index (χ1v) is 19.1. The molecule has 2 nitrogen and oxygen atoms in total. The van der Waals surface area contributed by atoms with Gasteiger partial charge in [-0.05, 0) is 74.3 Å². The highest BCUT2D eigenvalue weighted by molar-refractivity contribution is 7.19. The Balaban J connectivity index is 1.14. The van der Waals surface area contributed by atoms with Crippen molar-refractivity contribution < 1.29 is 0 Å². The standard InChI is InChI=1S/C47H34N2Si/c1-5-18-38(19-6-1)49-46-27-14-13-26-43(46)44-33-36(28-31-47(44)49)35-16-15-17-37(32-35)45-30-29-42(34-48-45)50(39-20-7-2-8-21-39,40-22-9-3-10-23-40)41-24-11-4-12-25-41/h1-34H. The summed E-state index contributed by atoms with van der Waals surface area (Å²) in [5.74, 6) is 0. The molecule has 0 fully saturated rings. The molecule has 0 saturated carbocycles. The monoisotopic (exact) mass is 654 g/mol. The maximum absolute atomic E-state index is 5.19. The van der Waals surface area contributed by atoms with E-state index in [1.807, 2.05) is 0 Å². The lowest BCUT2D eigenvalue weighted by atomic mass is 9.99. The normalized spacial score (nSPS) is 11.6. The SMILES string of the molecule is c1ccc(-n2c3ccccc3c3cc(-c4cccc(-c5ccc([Si](c6ccccc6)(c6ccccc6)c6ccccc6)cn5)c4)ccc32)cc1. The average molecular weight is 655 g/mol. The smallest absolute Gasteiger partial charge is 0.181 e. The predicted molar refractivity (Wildman–Crippen MR) is 213 cm³/mol. The highest BCUT2D eigenvalue weighted by Crippen LogP contribution is 2.35. The van der Waals surface area contributed by atoms with E-state index in [-0.39, 0.29) is 0 Å². The van der Waals surface area contributed by atoms with Gasteiger partial charge in [-0.15, -0.1) is 0 Å². The van der Waals surface area contributed by atoms with Gasteiger partial charge in [0.15, 0.2) is 8.07 Å². The van der Waals surface area contributed by atoms with Gasteiger partial charge in [-0.25, -0.2) is 0 Å². The molecule has 7 aromatic carbocycles. The number of benzene rings is 7. The Hall–Kier alpha value is -6.29. The van der Waals surface area contributed by atoms with Crippen LogP contribution in [0.25, 0.3) is 49.9 Å². The Morgan fingerprint density at radius 3 is 1.52 bits per heavy atom. The lowest BCUT2D eigenvalue weighted by molar-refractivity contribution is 1.18. The van der Waals surface area contributed by atoms with Crippen LogP contribution >= 0.6 is 0 Å². The summed E-state index contributed by atoms with van der Waals surface area (Å²) in [4.78, 5) is 5.19. The fourth-order valence-electron chi connectivity index (χ4n) is 7.72. The highest BCUT2D eigenvalue weighted by Gasteiger charge is 2.41. The third-order valence-corrected chi connectivity index (χ3v) is 14.8. The van der Waals surface area contributed by atoms with Crippen molar-refractivity contribution in [3.63, 3.8) is 0 Å². The molecular formula is C47H34N2Si. The molecule has 0 radical (unpaired) electrons. The van der Waals surface area contributed by atoms with E-state index in [1.165, 1.54) is 59.4 Å². The fraction of sp³-hybridized carbons (Fsp3) is 0. The lowest BCUT2D eigenvalue weighted by Gasteiger charge is -2.34. The molecule has 0 atom stereocenters. The van der Waals surface area contributed by atoms with Crippen molar-refractivity contribution in [2.45, 2.75) is 0 Å². The number of fused-ring (bicyclic) bond motifs is 3. The second kappa shape index (κ2) is 12.6. The van der Waals surface area contributed by atoms with Crippen LogP contribution in [0.15, 0.2) is 206 Å². The summed E-state index contributed by atoms with van der Waals surface area (Å²) in [6, 6.07) is 72.5. The molecule has 0 bridgehead atoms. The lowest BCUT2D eigenvalue weighted by Crippen LogP contribution is -2.74. The van der Waals surface area contributed by atoms with Gasteiger partial charge in [0.1, 0.15) is 0 Å². The Bertz CT molecular complexity index is 2460. The van der Waals surface area contributed by atoms with Crippen LogP contribution in [0.5, 0.6) is 0 Å². The topological polar surface area (TPSA) is 17.8 Å². The first-order valence-electron chi connectivity index (χ1n) is 17.1. The number of para-hydroxylation sites is 2. The van der Waals surface area contributed by atoms with E-state index in [0.717, 1.165) is 11.3 Å². The molecule has 236 valence electrons. The van der Waals surface area contributed by atoms with Crippen LogP contribution in [0.1, 0.15) is 0 Å². The molecular weight excluding hydrogens is 621 g/mol. The minimum Gasteiger partial charge on any atom is -0.309 e. The Morgan fingerprint density at radius 2 is 0.900 bits per heavy atom. The summed E-state index contributed by atoms with van der Waals surface area (Å²) >= 11 is 0. The summed E-state index contributed by atoms with van der Waals surface area (Å²) in [6.45, 7) is 0. The quantitative estimate of drug-likeness (QED) is 0.124. The number of pyridine rings is 1. The van der Waals surface area contributed by atoms with Crippen LogP contribution in [0.2, 0.25) is 0 Å². The van der Waals surface area contributed by atoms with Crippen LogP contribution in [0.3, 0.4) is 0 Å². The van der Waals surface area contributed by atoms with Gasteiger partial charge in [0.25, 0.3) is 0 Å². The van der Waals surface area contributed by atoms with Gasteiger partial charge in [0.05, 0.1) is 16.7 Å². The van der Waals surface area contributed by atoms with Crippen molar-refractivity contribution in [2.75, 3.05) is 0 Å². The minimum absolute atomic E-state index is 0.967. The molecule has 2 aromatic heterocycles. The second-order valence-electron chi connectivity index (χ2n) is 12.8. The summed E-state index contributed by atoms with van der Waals surface area (Å²) < 4.78 is 2.36. The van der Waals surface area contributed by atoms with E-state index in [4.69, 9.17) is 4.98 Å². The number of hydrogen-bond donors (Lipinski definition) is 0. The molecule has 9 aromatic rings. The van der Waals surface area contributed by atoms with Gasteiger partial charge in [-0.2, -0.15) is 0 Å². The van der Waals surface area contributed by atoms with E-state index < -0.39 is 8.07 Å². The maximum Gasteiger partial charge on any atom is 0.181 e. The van der Waals surface area contributed by atoms with Gasteiger partial charge in [0.2, 0.25) is 0 Å². The van der Waals surface area contributed by atoms with Crippen LogP contribution in [-0.2, 0) is 0 Å². The molecule has 0 spiro atoms. The maximum atomic E-state index is 5.19. The highest BCUT2D eigenvalue weighted by atomic mass is 28.3. The largest absolute Gasteiger partial charge is 0.309 e. The molecule has 0 amide bonds. The van der Waals surface area contributed by atoms with E-state index in [0.29, 0.717) is 0 Å². The van der Waals surface area contributed by atoms with Crippen LogP contribution in [0.4, 0.5) is 0 Å². The number of nitrogens with zero attached hydrogens (tertiary/aromatic N) is 2. The van der Waals surface area contributed by atoms with Crippen molar-refractivity contribution in [2.24, 2.45) is 0 Å². The van der Waals surface area contributed by atoms with Gasteiger partial charge >= 0.3 is 0 Å². The third-order valence-electron chi connectivity index (χ3n) is 10.00. The minimum atomic E-state index is -2.62. The molecule has 0 aliphatic carbocycles. The summed E-state index contributed by atoms with van der Waals surface area (Å²) in [7, 11) is -2.62. The van der Waals surface area contributed by atoms with Crippen molar-refractivity contribution in [1.29, 1.82) is 0 Å². The molecule has 2 heterocycles.